The lowest BCUT2D eigenvalue weighted by Crippen LogP contribution is -2.47. The highest BCUT2D eigenvalue weighted by Gasteiger charge is 2.23. The minimum atomic E-state index is -0.188. The average Bonchev–Trinajstić information content (AvgIpc) is 2.47. The minimum Gasteiger partial charge on any atom is -0.491 e. The Hall–Kier alpha value is -1.11. The Morgan fingerprint density at radius 3 is 2.90 bits per heavy atom. The second kappa shape index (κ2) is 8.36. The molecule has 1 aromatic rings. The Kier molecular flexibility index (Phi) is 6.48. The second-order valence-corrected chi connectivity index (χ2v) is 5.71. The molecule has 6 heteroatoms. The standard InChI is InChI=1S/C15H20BrNO4/c1-2-19-15(18)10-17-7-8-20-14(9-17)11-21-13-5-3-12(16)4-6-13/h3-6,14H,2,7-11H2,1H3/t14-/m0/s1. The zero-order valence-corrected chi connectivity index (χ0v) is 13.7. The van der Waals surface area contributed by atoms with E-state index in [1.165, 1.54) is 0 Å². The molecule has 0 radical (unpaired) electrons. The van der Waals surface area contributed by atoms with Crippen molar-refractivity contribution >= 4 is 21.9 Å². The lowest BCUT2D eigenvalue weighted by Gasteiger charge is -2.31. The first-order valence-electron chi connectivity index (χ1n) is 7.05. The van der Waals surface area contributed by atoms with Gasteiger partial charge in [0.25, 0.3) is 0 Å². The van der Waals surface area contributed by atoms with Gasteiger partial charge < -0.3 is 14.2 Å². The van der Waals surface area contributed by atoms with Crippen LogP contribution in [0.4, 0.5) is 0 Å². The van der Waals surface area contributed by atoms with Crippen LogP contribution in [0.5, 0.6) is 5.75 Å². The smallest absolute Gasteiger partial charge is 0.320 e. The molecule has 1 heterocycles. The van der Waals surface area contributed by atoms with Gasteiger partial charge in [0.2, 0.25) is 0 Å². The predicted octanol–water partition coefficient (Wildman–Crippen LogP) is 2.09. The molecule has 1 aliphatic rings. The van der Waals surface area contributed by atoms with Crippen LogP contribution in [-0.2, 0) is 14.3 Å². The van der Waals surface area contributed by atoms with Gasteiger partial charge >= 0.3 is 5.97 Å². The molecular formula is C15H20BrNO4. The van der Waals surface area contributed by atoms with E-state index in [0.29, 0.717) is 32.9 Å². The molecule has 0 unspecified atom stereocenters. The number of hydrogen-bond acceptors (Lipinski definition) is 5. The zero-order valence-electron chi connectivity index (χ0n) is 12.1. The summed E-state index contributed by atoms with van der Waals surface area (Å²) in [6.07, 6.45) is -0.0307. The quantitative estimate of drug-likeness (QED) is 0.729. The summed E-state index contributed by atoms with van der Waals surface area (Å²) in [4.78, 5) is 13.5. The number of benzene rings is 1. The van der Waals surface area contributed by atoms with E-state index in [0.717, 1.165) is 16.8 Å². The number of halogens is 1. The fraction of sp³-hybridized carbons (Fsp3) is 0.533. The number of rotatable bonds is 6. The minimum absolute atomic E-state index is 0.0307. The lowest BCUT2D eigenvalue weighted by molar-refractivity contribution is -0.146. The number of esters is 1. The molecule has 0 N–H and O–H groups in total. The molecule has 1 aromatic carbocycles. The van der Waals surface area contributed by atoms with E-state index in [2.05, 4.69) is 15.9 Å². The van der Waals surface area contributed by atoms with Gasteiger partial charge in [-0.2, -0.15) is 0 Å². The summed E-state index contributed by atoms with van der Waals surface area (Å²) in [6, 6.07) is 7.68. The first kappa shape index (κ1) is 16.3. The van der Waals surface area contributed by atoms with Crippen molar-refractivity contribution in [2.24, 2.45) is 0 Å². The fourth-order valence-corrected chi connectivity index (χ4v) is 2.40. The van der Waals surface area contributed by atoms with Crippen LogP contribution in [0.15, 0.2) is 28.7 Å². The van der Waals surface area contributed by atoms with Crippen LogP contribution in [0, 0.1) is 0 Å². The Morgan fingerprint density at radius 1 is 1.43 bits per heavy atom. The highest BCUT2D eigenvalue weighted by atomic mass is 79.9. The highest BCUT2D eigenvalue weighted by molar-refractivity contribution is 9.10. The lowest BCUT2D eigenvalue weighted by atomic mass is 10.3. The maximum Gasteiger partial charge on any atom is 0.320 e. The fourth-order valence-electron chi connectivity index (χ4n) is 2.13. The molecule has 5 nitrogen and oxygen atoms in total. The van der Waals surface area contributed by atoms with Crippen molar-refractivity contribution in [3.05, 3.63) is 28.7 Å². The van der Waals surface area contributed by atoms with Gasteiger partial charge in [-0.05, 0) is 31.2 Å². The van der Waals surface area contributed by atoms with Crippen molar-refractivity contribution in [3.63, 3.8) is 0 Å². The van der Waals surface area contributed by atoms with Gasteiger partial charge in [0, 0.05) is 17.6 Å². The average molecular weight is 358 g/mol. The second-order valence-electron chi connectivity index (χ2n) is 4.80. The molecule has 1 atom stereocenters. The molecule has 21 heavy (non-hydrogen) atoms. The molecule has 0 spiro atoms. The summed E-state index contributed by atoms with van der Waals surface area (Å²) in [5.41, 5.74) is 0. The Morgan fingerprint density at radius 2 is 2.19 bits per heavy atom. The van der Waals surface area contributed by atoms with E-state index >= 15 is 0 Å². The van der Waals surface area contributed by atoms with Crippen LogP contribution < -0.4 is 4.74 Å². The monoisotopic (exact) mass is 357 g/mol. The molecule has 0 aromatic heterocycles. The normalized spacial score (nSPS) is 19.2. The zero-order chi connectivity index (χ0) is 15.1. The highest BCUT2D eigenvalue weighted by Crippen LogP contribution is 2.17. The molecule has 116 valence electrons. The van der Waals surface area contributed by atoms with Gasteiger partial charge in [-0.25, -0.2) is 0 Å². The van der Waals surface area contributed by atoms with Gasteiger partial charge in [0.05, 0.1) is 19.8 Å². The SMILES string of the molecule is CCOC(=O)CN1CCO[C@H](COc2ccc(Br)cc2)C1. The summed E-state index contributed by atoms with van der Waals surface area (Å²) in [6.45, 7) is 5.04. The molecule has 1 fully saturated rings. The largest absolute Gasteiger partial charge is 0.491 e. The van der Waals surface area contributed by atoms with Crippen molar-refractivity contribution in [1.29, 1.82) is 0 Å². The van der Waals surface area contributed by atoms with Gasteiger partial charge in [-0.3, -0.25) is 9.69 Å². The third-order valence-corrected chi connectivity index (χ3v) is 3.66. The van der Waals surface area contributed by atoms with E-state index in [1.807, 2.05) is 36.1 Å². The van der Waals surface area contributed by atoms with Crippen LogP contribution in [-0.4, -0.2) is 56.4 Å². The van der Waals surface area contributed by atoms with Crippen molar-refractivity contribution < 1.29 is 19.0 Å². The molecule has 2 rings (SSSR count). The first-order valence-corrected chi connectivity index (χ1v) is 7.84. The number of carbonyl (C=O) groups is 1. The molecule has 0 bridgehead atoms. The third-order valence-electron chi connectivity index (χ3n) is 3.13. The van der Waals surface area contributed by atoms with E-state index in [9.17, 15) is 4.79 Å². The first-order chi connectivity index (χ1) is 10.2. The van der Waals surface area contributed by atoms with Crippen molar-refractivity contribution in [3.8, 4) is 5.75 Å². The van der Waals surface area contributed by atoms with Gasteiger partial charge in [-0.1, -0.05) is 15.9 Å². The number of ether oxygens (including phenoxy) is 3. The number of hydrogen-bond donors (Lipinski definition) is 0. The molecular weight excluding hydrogens is 338 g/mol. The van der Waals surface area contributed by atoms with E-state index in [1.54, 1.807) is 0 Å². The summed E-state index contributed by atoms with van der Waals surface area (Å²) in [5, 5.41) is 0. The maximum atomic E-state index is 11.5. The summed E-state index contributed by atoms with van der Waals surface area (Å²) < 4.78 is 17.4. The predicted molar refractivity (Wildman–Crippen MR) is 82.5 cm³/mol. The number of carbonyl (C=O) groups excluding carboxylic acids is 1. The van der Waals surface area contributed by atoms with Gasteiger partial charge in [-0.15, -0.1) is 0 Å². The van der Waals surface area contributed by atoms with E-state index < -0.39 is 0 Å². The summed E-state index contributed by atoms with van der Waals surface area (Å²) in [7, 11) is 0. The Bertz CT molecular complexity index is 451. The number of morpholine rings is 1. The van der Waals surface area contributed by atoms with Crippen molar-refractivity contribution in [2.45, 2.75) is 13.0 Å². The van der Waals surface area contributed by atoms with Crippen LogP contribution in [0.3, 0.4) is 0 Å². The Balaban J connectivity index is 1.76. The molecule has 0 amide bonds. The van der Waals surface area contributed by atoms with Crippen molar-refractivity contribution in [2.75, 3.05) is 39.5 Å². The molecule has 0 aliphatic carbocycles. The van der Waals surface area contributed by atoms with Crippen LogP contribution in [0.25, 0.3) is 0 Å². The third kappa shape index (κ3) is 5.65. The van der Waals surface area contributed by atoms with Gasteiger partial charge in [0.1, 0.15) is 18.5 Å². The van der Waals surface area contributed by atoms with E-state index in [-0.39, 0.29) is 12.1 Å². The molecule has 1 saturated heterocycles. The Labute approximate surface area is 133 Å². The van der Waals surface area contributed by atoms with Crippen molar-refractivity contribution in [1.82, 2.24) is 4.90 Å². The van der Waals surface area contributed by atoms with Crippen LogP contribution in [0.2, 0.25) is 0 Å². The molecule has 1 aliphatic heterocycles. The summed E-state index contributed by atoms with van der Waals surface area (Å²) in [5.74, 6) is 0.622. The topological polar surface area (TPSA) is 48.0 Å². The number of nitrogens with zero attached hydrogens (tertiary/aromatic N) is 1. The maximum absolute atomic E-state index is 11.5. The van der Waals surface area contributed by atoms with Gasteiger partial charge in [0.15, 0.2) is 0 Å². The van der Waals surface area contributed by atoms with Crippen LogP contribution >= 0.6 is 15.9 Å². The van der Waals surface area contributed by atoms with E-state index in [4.69, 9.17) is 14.2 Å². The summed E-state index contributed by atoms with van der Waals surface area (Å²) >= 11 is 3.39. The van der Waals surface area contributed by atoms with Crippen LogP contribution in [0.1, 0.15) is 6.92 Å². The molecule has 0 saturated carbocycles.